The molecule has 0 radical (unpaired) electrons. The van der Waals surface area contributed by atoms with Crippen LogP contribution in [0.3, 0.4) is 0 Å². The van der Waals surface area contributed by atoms with E-state index in [-0.39, 0.29) is 39.8 Å². The number of aromatic carboxylic acids is 1. The molecule has 0 spiro atoms. The third-order valence-electron chi connectivity index (χ3n) is 6.28. The molecule has 0 atom stereocenters. The quantitative estimate of drug-likeness (QED) is 0.319. The number of aromatic nitrogens is 2. The van der Waals surface area contributed by atoms with Crippen LogP contribution < -0.4 is 5.56 Å². The number of rotatable bonds is 5. The van der Waals surface area contributed by atoms with Gasteiger partial charge in [0, 0.05) is 5.56 Å². The average molecular weight is 473 g/mol. The first kappa shape index (κ1) is 22.4. The summed E-state index contributed by atoms with van der Waals surface area (Å²) in [7, 11) is 0. The van der Waals surface area contributed by atoms with Gasteiger partial charge in [-0.15, -0.1) is 10.2 Å². The number of azo groups is 1. The Balaban J connectivity index is 1.48. The van der Waals surface area contributed by atoms with Gasteiger partial charge >= 0.3 is 5.97 Å². The Labute approximate surface area is 200 Å². The third kappa shape index (κ3) is 4.05. The lowest BCUT2D eigenvalue weighted by Crippen LogP contribution is -2.15. The number of benzene rings is 2. The molecule has 0 saturated heterocycles. The molecular formula is C26H24N4O5. The van der Waals surface area contributed by atoms with Crippen LogP contribution in [-0.4, -0.2) is 26.0 Å². The second kappa shape index (κ2) is 8.75. The molecule has 3 N–H and O–H groups in total. The van der Waals surface area contributed by atoms with E-state index in [2.05, 4.69) is 21.4 Å². The molecule has 0 saturated carbocycles. The van der Waals surface area contributed by atoms with Crippen LogP contribution >= 0.6 is 0 Å². The molecule has 2 heterocycles. The van der Waals surface area contributed by atoms with Crippen molar-refractivity contribution in [2.24, 2.45) is 10.2 Å². The molecule has 0 unspecified atom stereocenters. The van der Waals surface area contributed by atoms with E-state index in [1.807, 2.05) is 12.1 Å². The molecule has 2 aromatic heterocycles. The van der Waals surface area contributed by atoms with E-state index in [0.29, 0.717) is 11.3 Å². The molecule has 4 aromatic rings. The first-order valence-electron chi connectivity index (χ1n) is 11.3. The fourth-order valence-electron chi connectivity index (χ4n) is 4.44. The highest BCUT2D eigenvalue weighted by atomic mass is 16.4. The molecule has 5 rings (SSSR count). The Morgan fingerprint density at radius 3 is 2.57 bits per heavy atom. The predicted molar refractivity (Wildman–Crippen MR) is 129 cm³/mol. The summed E-state index contributed by atoms with van der Waals surface area (Å²) in [5.41, 5.74) is 4.49. The highest BCUT2D eigenvalue weighted by Crippen LogP contribution is 2.39. The SMILES string of the molecule is Cc1cc(-c2cccc(N=Nc3c(C)[nH]n(-c4ccc5c(c4)CCCC5)c3=O)c2O)oc1C(=O)O. The standard InChI is InChI=1S/C26H24N4O5/c1-14-12-21(35-24(14)26(33)34)19-8-5-9-20(23(19)31)27-28-22-15(2)29-30(25(22)32)18-11-10-16-6-3-4-7-17(16)13-18/h5,8-13,29,31H,3-4,6-7H2,1-2H3,(H,33,34). The van der Waals surface area contributed by atoms with Crippen molar-refractivity contribution < 1.29 is 19.4 Å². The lowest BCUT2D eigenvalue weighted by Gasteiger charge is -2.16. The van der Waals surface area contributed by atoms with Crippen molar-refractivity contribution >= 4 is 17.3 Å². The second-order valence-corrected chi connectivity index (χ2v) is 8.69. The fourth-order valence-corrected chi connectivity index (χ4v) is 4.44. The number of H-pyrrole nitrogens is 1. The van der Waals surface area contributed by atoms with Crippen molar-refractivity contribution in [2.75, 3.05) is 0 Å². The summed E-state index contributed by atoms with van der Waals surface area (Å²) in [6, 6.07) is 12.3. The zero-order valence-electron chi connectivity index (χ0n) is 19.3. The number of carbonyl (C=O) groups is 1. The Hall–Kier alpha value is -4.40. The molecule has 2 aromatic carbocycles. The van der Waals surface area contributed by atoms with Crippen LogP contribution in [0.2, 0.25) is 0 Å². The first-order chi connectivity index (χ1) is 16.8. The normalized spacial score (nSPS) is 13.3. The number of hydrogen-bond acceptors (Lipinski definition) is 6. The number of aryl methyl sites for hydroxylation is 4. The number of nitrogens with zero attached hydrogens (tertiary/aromatic N) is 3. The topological polar surface area (TPSA) is 133 Å². The minimum Gasteiger partial charge on any atom is -0.505 e. The van der Waals surface area contributed by atoms with E-state index in [0.717, 1.165) is 24.9 Å². The van der Waals surface area contributed by atoms with E-state index in [1.54, 1.807) is 32.0 Å². The Bertz CT molecular complexity index is 1540. The fraction of sp³-hybridized carbons (Fsp3) is 0.231. The van der Waals surface area contributed by atoms with Gasteiger partial charge in [0.25, 0.3) is 5.56 Å². The number of para-hydroxylation sites is 1. The molecule has 0 fully saturated rings. The summed E-state index contributed by atoms with van der Waals surface area (Å²) in [6.07, 6.45) is 4.40. The summed E-state index contributed by atoms with van der Waals surface area (Å²) in [4.78, 5) is 24.4. The molecule has 0 amide bonds. The Kier molecular flexibility index (Phi) is 5.60. The molecule has 9 heteroatoms. The monoisotopic (exact) mass is 472 g/mol. The first-order valence-corrected chi connectivity index (χ1v) is 11.3. The number of aromatic amines is 1. The molecule has 1 aliphatic rings. The van der Waals surface area contributed by atoms with Gasteiger partial charge in [0.2, 0.25) is 5.76 Å². The maximum atomic E-state index is 13.1. The minimum atomic E-state index is -1.19. The van der Waals surface area contributed by atoms with E-state index < -0.39 is 5.97 Å². The predicted octanol–water partition coefficient (Wildman–Crippen LogP) is 5.74. The van der Waals surface area contributed by atoms with Gasteiger partial charge in [-0.05, 0) is 81.0 Å². The Morgan fingerprint density at radius 2 is 1.83 bits per heavy atom. The zero-order valence-corrected chi connectivity index (χ0v) is 19.3. The number of carboxylic acids is 1. The van der Waals surface area contributed by atoms with Crippen molar-refractivity contribution in [2.45, 2.75) is 39.5 Å². The number of aromatic hydroxyl groups is 1. The molecule has 1 aliphatic carbocycles. The van der Waals surface area contributed by atoms with Gasteiger partial charge in [0.15, 0.2) is 11.4 Å². The van der Waals surface area contributed by atoms with Gasteiger partial charge in [-0.25, -0.2) is 9.48 Å². The van der Waals surface area contributed by atoms with Crippen LogP contribution in [0, 0.1) is 13.8 Å². The number of phenols is 1. The van der Waals surface area contributed by atoms with Gasteiger partial charge in [-0.2, -0.15) is 0 Å². The zero-order chi connectivity index (χ0) is 24.7. The van der Waals surface area contributed by atoms with Gasteiger partial charge < -0.3 is 14.6 Å². The van der Waals surface area contributed by atoms with Gasteiger partial charge in [0.05, 0.1) is 16.9 Å². The highest BCUT2D eigenvalue weighted by Gasteiger charge is 2.19. The van der Waals surface area contributed by atoms with Crippen molar-refractivity contribution in [3.63, 3.8) is 0 Å². The van der Waals surface area contributed by atoms with Crippen LogP contribution in [0.4, 0.5) is 11.4 Å². The number of hydrogen-bond donors (Lipinski definition) is 3. The van der Waals surface area contributed by atoms with Crippen molar-refractivity contribution in [3.05, 3.63) is 81.0 Å². The third-order valence-corrected chi connectivity index (χ3v) is 6.28. The molecule has 0 bridgehead atoms. The highest BCUT2D eigenvalue weighted by molar-refractivity contribution is 5.87. The summed E-state index contributed by atoms with van der Waals surface area (Å²) in [5, 5.41) is 31.3. The smallest absolute Gasteiger partial charge is 0.372 e. The molecule has 9 nitrogen and oxygen atoms in total. The minimum absolute atomic E-state index is 0.119. The maximum Gasteiger partial charge on any atom is 0.372 e. The van der Waals surface area contributed by atoms with Crippen molar-refractivity contribution in [1.82, 2.24) is 9.78 Å². The number of furan rings is 1. The maximum absolute atomic E-state index is 13.1. The van der Waals surface area contributed by atoms with Crippen LogP contribution in [-0.2, 0) is 12.8 Å². The lowest BCUT2D eigenvalue weighted by atomic mass is 9.91. The van der Waals surface area contributed by atoms with Gasteiger partial charge in [0.1, 0.15) is 11.4 Å². The van der Waals surface area contributed by atoms with Gasteiger partial charge in [-0.3, -0.25) is 9.89 Å². The summed E-state index contributed by atoms with van der Waals surface area (Å²) < 4.78 is 6.85. The molecule has 0 aliphatic heterocycles. The van der Waals surface area contributed by atoms with E-state index in [1.165, 1.54) is 28.3 Å². The largest absolute Gasteiger partial charge is 0.505 e. The summed E-state index contributed by atoms with van der Waals surface area (Å²) in [5.74, 6) is -1.42. The molecule has 178 valence electrons. The van der Waals surface area contributed by atoms with Crippen LogP contribution in [0.1, 0.15) is 45.8 Å². The van der Waals surface area contributed by atoms with Gasteiger partial charge in [-0.1, -0.05) is 12.1 Å². The Morgan fingerprint density at radius 1 is 1.06 bits per heavy atom. The van der Waals surface area contributed by atoms with E-state index in [4.69, 9.17) is 4.42 Å². The van der Waals surface area contributed by atoms with E-state index >= 15 is 0 Å². The summed E-state index contributed by atoms with van der Waals surface area (Å²) >= 11 is 0. The number of nitrogens with one attached hydrogen (secondary N) is 1. The van der Waals surface area contributed by atoms with Crippen molar-refractivity contribution in [1.29, 1.82) is 0 Å². The number of phenolic OH excluding ortho intramolecular Hbond substituents is 1. The van der Waals surface area contributed by atoms with Crippen LogP contribution in [0.5, 0.6) is 5.75 Å². The van der Waals surface area contributed by atoms with Crippen molar-refractivity contribution in [3.8, 4) is 22.8 Å². The lowest BCUT2D eigenvalue weighted by molar-refractivity contribution is 0.0662. The van der Waals surface area contributed by atoms with Crippen LogP contribution in [0.15, 0.2) is 61.9 Å². The molecule has 35 heavy (non-hydrogen) atoms. The second-order valence-electron chi connectivity index (χ2n) is 8.69. The van der Waals surface area contributed by atoms with Crippen LogP contribution in [0.25, 0.3) is 17.0 Å². The number of carboxylic acid groups (broad SMARTS) is 1. The average Bonchev–Trinajstić information content (AvgIpc) is 3.37. The molecular weight excluding hydrogens is 448 g/mol. The summed E-state index contributed by atoms with van der Waals surface area (Å²) in [6.45, 7) is 3.35. The number of fused-ring (bicyclic) bond motifs is 1. The van der Waals surface area contributed by atoms with E-state index in [9.17, 15) is 19.8 Å².